The first-order valence-electron chi connectivity index (χ1n) is 10.1. The van der Waals surface area contributed by atoms with E-state index in [1.807, 2.05) is 18.2 Å². The van der Waals surface area contributed by atoms with E-state index in [1.165, 1.54) is 31.2 Å². The number of carbonyl (C=O) groups excluding carboxylic acids is 1. The standard InChI is InChI=1S/C21H32ClN3O.2ClH/c1-16(17-7-9-23-10-8-17)13-21(26)24-15-20(25-11-2-3-12-25)18-5-4-6-19(22)14-18;;/h4-6,14,16-17,20,23H,2-3,7-13,15H2,1H3,(H,24,26);2*1H. The van der Waals surface area contributed by atoms with E-state index in [-0.39, 0.29) is 36.8 Å². The average molecular weight is 451 g/mol. The van der Waals surface area contributed by atoms with Gasteiger partial charge in [-0.05, 0) is 81.4 Å². The molecule has 0 spiro atoms. The number of hydrogen-bond donors (Lipinski definition) is 2. The number of benzene rings is 1. The van der Waals surface area contributed by atoms with E-state index in [0.717, 1.165) is 31.2 Å². The van der Waals surface area contributed by atoms with Crippen LogP contribution in [0.1, 0.15) is 50.6 Å². The number of nitrogens with one attached hydrogen (secondary N) is 2. The van der Waals surface area contributed by atoms with Crippen molar-refractivity contribution < 1.29 is 4.79 Å². The highest BCUT2D eigenvalue weighted by Gasteiger charge is 2.26. The van der Waals surface area contributed by atoms with Crippen molar-refractivity contribution in [2.75, 3.05) is 32.7 Å². The summed E-state index contributed by atoms with van der Waals surface area (Å²) in [7, 11) is 0. The van der Waals surface area contributed by atoms with Crippen LogP contribution in [0.4, 0.5) is 0 Å². The third-order valence-corrected chi connectivity index (χ3v) is 6.24. The first-order chi connectivity index (χ1) is 12.6. The number of nitrogens with zero attached hydrogens (tertiary/aromatic N) is 1. The van der Waals surface area contributed by atoms with Gasteiger partial charge in [0.15, 0.2) is 0 Å². The number of likely N-dealkylation sites (tertiary alicyclic amines) is 1. The molecule has 1 aromatic rings. The highest BCUT2D eigenvalue weighted by Crippen LogP contribution is 2.27. The maximum Gasteiger partial charge on any atom is 0.220 e. The number of amides is 1. The van der Waals surface area contributed by atoms with Gasteiger partial charge in [0.1, 0.15) is 0 Å². The van der Waals surface area contributed by atoms with E-state index in [4.69, 9.17) is 11.6 Å². The molecule has 2 unspecified atom stereocenters. The van der Waals surface area contributed by atoms with E-state index >= 15 is 0 Å². The Hall–Kier alpha value is -0.520. The van der Waals surface area contributed by atoms with Crippen molar-refractivity contribution in [1.29, 1.82) is 0 Å². The van der Waals surface area contributed by atoms with Crippen molar-refractivity contribution in [2.24, 2.45) is 11.8 Å². The van der Waals surface area contributed by atoms with Crippen molar-refractivity contribution in [1.82, 2.24) is 15.5 Å². The Labute approximate surface area is 187 Å². The predicted molar refractivity (Wildman–Crippen MR) is 122 cm³/mol. The SMILES string of the molecule is CC(CC(=O)NCC(c1cccc(Cl)c1)N1CCCC1)C1CCNCC1.Cl.Cl. The predicted octanol–water partition coefficient (Wildman–Crippen LogP) is 4.46. The van der Waals surface area contributed by atoms with Crippen LogP contribution in [-0.2, 0) is 4.79 Å². The molecule has 7 heteroatoms. The van der Waals surface area contributed by atoms with Gasteiger partial charge in [0.2, 0.25) is 5.91 Å². The molecular formula is C21H34Cl3N3O. The second-order valence-corrected chi connectivity index (χ2v) is 8.32. The summed E-state index contributed by atoms with van der Waals surface area (Å²) < 4.78 is 0. The molecule has 2 atom stereocenters. The molecule has 2 aliphatic heterocycles. The van der Waals surface area contributed by atoms with E-state index < -0.39 is 0 Å². The first-order valence-corrected chi connectivity index (χ1v) is 10.5. The van der Waals surface area contributed by atoms with Gasteiger partial charge in [-0.15, -0.1) is 24.8 Å². The molecule has 2 aliphatic rings. The normalized spacial score (nSPS) is 19.9. The number of halogens is 3. The fourth-order valence-corrected chi connectivity index (χ4v) is 4.58. The lowest BCUT2D eigenvalue weighted by Gasteiger charge is -2.30. The van der Waals surface area contributed by atoms with Gasteiger partial charge in [0.25, 0.3) is 0 Å². The zero-order chi connectivity index (χ0) is 18.4. The summed E-state index contributed by atoms with van der Waals surface area (Å²) in [5.74, 6) is 1.31. The topological polar surface area (TPSA) is 44.4 Å². The quantitative estimate of drug-likeness (QED) is 0.644. The largest absolute Gasteiger partial charge is 0.354 e. The molecule has 1 aromatic carbocycles. The molecule has 160 valence electrons. The lowest BCUT2D eigenvalue weighted by Crippen LogP contribution is -2.38. The maximum atomic E-state index is 12.5. The van der Waals surface area contributed by atoms with Crippen LogP contribution in [0.3, 0.4) is 0 Å². The van der Waals surface area contributed by atoms with Crippen molar-refractivity contribution in [3.8, 4) is 0 Å². The van der Waals surface area contributed by atoms with Crippen LogP contribution in [0, 0.1) is 11.8 Å². The Kier molecular flexibility index (Phi) is 11.8. The van der Waals surface area contributed by atoms with Crippen LogP contribution in [0.25, 0.3) is 0 Å². The summed E-state index contributed by atoms with van der Waals surface area (Å²) >= 11 is 6.20. The van der Waals surface area contributed by atoms with Gasteiger partial charge in [0.05, 0.1) is 6.04 Å². The van der Waals surface area contributed by atoms with Gasteiger partial charge in [-0.1, -0.05) is 30.7 Å². The Bertz CT molecular complexity index is 590. The maximum absolute atomic E-state index is 12.5. The lowest BCUT2D eigenvalue weighted by molar-refractivity contribution is -0.122. The molecule has 2 fully saturated rings. The van der Waals surface area contributed by atoms with Crippen LogP contribution < -0.4 is 10.6 Å². The lowest BCUT2D eigenvalue weighted by atomic mass is 9.84. The van der Waals surface area contributed by atoms with Crippen molar-refractivity contribution in [2.45, 2.75) is 45.1 Å². The summed E-state index contributed by atoms with van der Waals surface area (Å²) in [6.07, 6.45) is 5.48. The molecular weight excluding hydrogens is 417 g/mol. The Morgan fingerprint density at radius 1 is 1.25 bits per heavy atom. The van der Waals surface area contributed by atoms with Gasteiger partial charge >= 0.3 is 0 Å². The Morgan fingerprint density at radius 2 is 1.93 bits per heavy atom. The zero-order valence-electron chi connectivity index (χ0n) is 16.7. The molecule has 0 radical (unpaired) electrons. The number of piperidine rings is 1. The minimum Gasteiger partial charge on any atom is -0.354 e. The number of hydrogen-bond acceptors (Lipinski definition) is 3. The highest BCUT2D eigenvalue weighted by molar-refractivity contribution is 6.30. The molecule has 4 nitrogen and oxygen atoms in total. The van der Waals surface area contributed by atoms with Crippen LogP contribution >= 0.6 is 36.4 Å². The summed E-state index contributed by atoms with van der Waals surface area (Å²) in [6.45, 7) is 7.25. The second kappa shape index (κ2) is 12.9. The van der Waals surface area contributed by atoms with E-state index in [9.17, 15) is 4.79 Å². The highest BCUT2D eigenvalue weighted by atomic mass is 35.5. The number of rotatable bonds is 7. The molecule has 0 aromatic heterocycles. The average Bonchev–Trinajstić information content (AvgIpc) is 3.17. The molecule has 2 N–H and O–H groups in total. The second-order valence-electron chi connectivity index (χ2n) is 7.89. The van der Waals surface area contributed by atoms with E-state index in [2.05, 4.69) is 28.5 Å². The minimum atomic E-state index is 0. The van der Waals surface area contributed by atoms with Crippen LogP contribution in [0.2, 0.25) is 5.02 Å². The molecule has 0 aliphatic carbocycles. The van der Waals surface area contributed by atoms with Crippen molar-refractivity contribution in [3.05, 3.63) is 34.9 Å². The monoisotopic (exact) mass is 449 g/mol. The molecule has 2 heterocycles. The fourth-order valence-electron chi connectivity index (χ4n) is 4.38. The Balaban J connectivity index is 0.00000196. The third-order valence-electron chi connectivity index (χ3n) is 6.00. The van der Waals surface area contributed by atoms with E-state index in [1.54, 1.807) is 0 Å². The minimum absolute atomic E-state index is 0. The smallest absolute Gasteiger partial charge is 0.220 e. The first kappa shape index (κ1) is 25.5. The van der Waals surface area contributed by atoms with Crippen LogP contribution in [-0.4, -0.2) is 43.5 Å². The van der Waals surface area contributed by atoms with Crippen molar-refractivity contribution in [3.63, 3.8) is 0 Å². The summed E-state index contributed by atoms with van der Waals surface area (Å²) in [5, 5.41) is 7.37. The van der Waals surface area contributed by atoms with Crippen molar-refractivity contribution >= 4 is 42.3 Å². The fraction of sp³-hybridized carbons (Fsp3) is 0.667. The van der Waals surface area contributed by atoms with Gasteiger partial charge in [-0.2, -0.15) is 0 Å². The molecule has 28 heavy (non-hydrogen) atoms. The van der Waals surface area contributed by atoms with Crippen LogP contribution in [0.15, 0.2) is 24.3 Å². The van der Waals surface area contributed by atoms with E-state index in [0.29, 0.717) is 24.8 Å². The van der Waals surface area contributed by atoms with Gasteiger partial charge < -0.3 is 10.6 Å². The third kappa shape index (κ3) is 7.38. The summed E-state index contributed by atoms with van der Waals surface area (Å²) in [6, 6.07) is 8.29. The van der Waals surface area contributed by atoms with Gasteiger partial charge in [-0.3, -0.25) is 9.69 Å². The van der Waals surface area contributed by atoms with Gasteiger partial charge in [0, 0.05) is 18.0 Å². The molecule has 0 saturated carbocycles. The van der Waals surface area contributed by atoms with Crippen LogP contribution in [0.5, 0.6) is 0 Å². The molecule has 1 amide bonds. The molecule has 3 rings (SSSR count). The zero-order valence-corrected chi connectivity index (χ0v) is 19.1. The van der Waals surface area contributed by atoms with Gasteiger partial charge in [-0.25, -0.2) is 0 Å². The molecule has 2 saturated heterocycles. The molecule has 0 bridgehead atoms. The summed E-state index contributed by atoms with van der Waals surface area (Å²) in [4.78, 5) is 15.0. The summed E-state index contributed by atoms with van der Waals surface area (Å²) in [5.41, 5.74) is 1.20. The number of carbonyl (C=O) groups is 1. The Morgan fingerprint density at radius 3 is 2.57 bits per heavy atom.